The Balaban J connectivity index is 1.93. The molecule has 1 aliphatic rings. The summed E-state index contributed by atoms with van der Waals surface area (Å²) in [6.07, 6.45) is 8.15. The van der Waals surface area contributed by atoms with Crippen molar-refractivity contribution < 1.29 is 0 Å². The van der Waals surface area contributed by atoms with Gasteiger partial charge < -0.3 is 4.90 Å². The van der Waals surface area contributed by atoms with Crippen LogP contribution in [0.15, 0.2) is 12.4 Å². The molecule has 0 bridgehead atoms. The Morgan fingerprint density at radius 3 is 2.78 bits per heavy atom. The zero-order valence-electron chi connectivity index (χ0n) is 11.3. The molecule has 1 saturated heterocycles. The molecule has 100 valence electrons. The van der Waals surface area contributed by atoms with Gasteiger partial charge in [0.2, 0.25) is 0 Å². The van der Waals surface area contributed by atoms with Gasteiger partial charge in [-0.3, -0.25) is 4.98 Å². The quantitative estimate of drug-likeness (QED) is 0.842. The Labute approximate surface area is 115 Å². The Morgan fingerprint density at radius 2 is 2.06 bits per heavy atom. The van der Waals surface area contributed by atoms with Gasteiger partial charge in [-0.2, -0.15) is 0 Å². The second kappa shape index (κ2) is 6.48. The van der Waals surface area contributed by atoms with Crippen molar-refractivity contribution in [1.82, 2.24) is 14.9 Å². The highest BCUT2D eigenvalue weighted by Crippen LogP contribution is 2.24. The molecule has 0 unspecified atom stereocenters. The molecule has 0 amide bonds. The first-order valence-electron chi connectivity index (χ1n) is 6.86. The molecule has 18 heavy (non-hydrogen) atoms. The summed E-state index contributed by atoms with van der Waals surface area (Å²) in [5.74, 6) is 0.697. The fraction of sp³-hybridized carbons (Fsp3) is 0.714. The van der Waals surface area contributed by atoms with Crippen molar-refractivity contribution in [3.8, 4) is 0 Å². The van der Waals surface area contributed by atoms with E-state index < -0.39 is 0 Å². The second-order valence-corrected chi connectivity index (χ2v) is 5.78. The number of hydrogen-bond acceptors (Lipinski definition) is 3. The van der Waals surface area contributed by atoms with Crippen LogP contribution in [0.5, 0.6) is 0 Å². The monoisotopic (exact) mass is 267 g/mol. The third-order valence-corrected chi connectivity index (χ3v) is 4.13. The molecule has 0 radical (unpaired) electrons. The summed E-state index contributed by atoms with van der Waals surface area (Å²) in [7, 11) is 0. The van der Waals surface area contributed by atoms with Gasteiger partial charge in [0.15, 0.2) is 0 Å². The zero-order chi connectivity index (χ0) is 13.0. The minimum Gasteiger partial charge on any atom is -0.301 e. The van der Waals surface area contributed by atoms with E-state index in [1.54, 1.807) is 12.4 Å². The van der Waals surface area contributed by atoms with E-state index in [-0.39, 0.29) is 0 Å². The molecule has 0 spiro atoms. The minimum absolute atomic E-state index is 0.572. The third-order valence-electron chi connectivity index (χ3n) is 3.82. The Morgan fingerprint density at radius 1 is 1.28 bits per heavy atom. The van der Waals surface area contributed by atoms with Gasteiger partial charge in [-0.15, -0.1) is 0 Å². The van der Waals surface area contributed by atoms with Gasteiger partial charge in [-0.25, -0.2) is 4.98 Å². The lowest BCUT2D eigenvalue weighted by atomic mass is 9.95. The Hall–Kier alpha value is -0.670. The maximum atomic E-state index is 6.08. The van der Waals surface area contributed by atoms with E-state index in [1.165, 1.54) is 32.4 Å². The van der Waals surface area contributed by atoms with Gasteiger partial charge in [0.1, 0.15) is 5.15 Å². The van der Waals surface area contributed by atoms with E-state index in [4.69, 9.17) is 11.6 Å². The first kappa shape index (κ1) is 13.8. The van der Waals surface area contributed by atoms with Crippen LogP contribution >= 0.6 is 11.6 Å². The van der Waals surface area contributed by atoms with Crippen molar-refractivity contribution in [2.75, 3.05) is 13.1 Å². The first-order valence-corrected chi connectivity index (χ1v) is 7.24. The Bertz CT molecular complexity index is 381. The van der Waals surface area contributed by atoms with Crippen molar-refractivity contribution >= 4 is 11.6 Å². The molecule has 1 atom stereocenters. The highest BCUT2D eigenvalue weighted by atomic mass is 35.5. The van der Waals surface area contributed by atoms with Crippen LogP contribution in [0, 0.1) is 5.92 Å². The standard InChI is InChI=1S/C14H22ClN3/c1-11(2)18-8-3-4-12(5-9-18)10-13-14(15)17-7-6-16-13/h6-7,11-12H,3-5,8-10H2,1-2H3/t12-/m0/s1. The summed E-state index contributed by atoms with van der Waals surface area (Å²) in [5.41, 5.74) is 0.960. The molecule has 3 nitrogen and oxygen atoms in total. The van der Waals surface area contributed by atoms with E-state index in [0.717, 1.165) is 12.1 Å². The lowest BCUT2D eigenvalue weighted by molar-refractivity contribution is 0.228. The van der Waals surface area contributed by atoms with Crippen molar-refractivity contribution in [3.63, 3.8) is 0 Å². The normalized spacial score (nSPS) is 22.1. The van der Waals surface area contributed by atoms with Crippen LogP contribution in [0.25, 0.3) is 0 Å². The van der Waals surface area contributed by atoms with Crippen molar-refractivity contribution in [1.29, 1.82) is 0 Å². The maximum Gasteiger partial charge on any atom is 0.150 e. The van der Waals surface area contributed by atoms with E-state index in [2.05, 4.69) is 28.7 Å². The van der Waals surface area contributed by atoms with Crippen LogP contribution < -0.4 is 0 Å². The van der Waals surface area contributed by atoms with Gasteiger partial charge in [-0.1, -0.05) is 11.6 Å². The highest BCUT2D eigenvalue weighted by Gasteiger charge is 2.20. The van der Waals surface area contributed by atoms with E-state index in [9.17, 15) is 0 Å². The molecule has 1 aromatic rings. The lowest BCUT2D eigenvalue weighted by Crippen LogP contribution is -2.31. The molecule has 1 aliphatic heterocycles. The zero-order valence-corrected chi connectivity index (χ0v) is 12.0. The predicted molar refractivity (Wildman–Crippen MR) is 74.8 cm³/mol. The molecule has 2 heterocycles. The second-order valence-electron chi connectivity index (χ2n) is 5.42. The molecule has 0 aliphatic carbocycles. The molecular formula is C14H22ClN3. The molecule has 1 aromatic heterocycles. The summed E-state index contributed by atoms with van der Waals surface area (Å²) >= 11 is 6.08. The topological polar surface area (TPSA) is 29.0 Å². The molecular weight excluding hydrogens is 246 g/mol. The molecule has 0 N–H and O–H groups in total. The molecule has 0 saturated carbocycles. The highest BCUT2D eigenvalue weighted by molar-refractivity contribution is 6.29. The van der Waals surface area contributed by atoms with Crippen molar-refractivity contribution in [2.24, 2.45) is 5.92 Å². The van der Waals surface area contributed by atoms with E-state index in [1.807, 2.05) is 0 Å². The van der Waals surface area contributed by atoms with Crippen LogP contribution in [0.3, 0.4) is 0 Å². The summed E-state index contributed by atoms with van der Waals surface area (Å²) in [4.78, 5) is 11.0. The average Bonchev–Trinajstić information content (AvgIpc) is 2.58. The third kappa shape index (κ3) is 3.66. The molecule has 0 aromatic carbocycles. The average molecular weight is 268 g/mol. The van der Waals surface area contributed by atoms with Crippen LogP contribution in [0.4, 0.5) is 0 Å². The first-order chi connectivity index (χ1) is 8.66. The lowest BCUT2D eigenvalue weighted by Gasteiger charge is -2.24. The van der Waals surface area contributed by atoms with Crippen LogP contribution in [0.1, 0.15) is 38.8 Å². The number of nitrogens with zero attached hydrogens (tertiary/aromatic N) is 3. The number of rotatable bonds is 3. The maximum absolute atomic E-state index is 6.08. The summed E-state index contributed by atoms with van der Waals surface area (Å²) in [6, 6.07) is 0.656. The SMILES string of the molecule is CC(C)N1CCC[C@H](Cc2nccnc2Cl)CC1. The molecule has 4 heteroatoms. The van der Waals surface area contributed by atoms with Gasteiger partial charge >= 0.3 is 0 Å². The molecule has 1 fully saturated rings. The summed E-state index contributed by atoms with van der Waals surface area (Å²) in [5, 5.41) is 0.572. The van der Waals surface area contributed by atoms with Gasteiger partial charge in [0, 0.05) is 18.4 Å². The van der Waals surface area contributed by atoms with Gasteiger partial charge in [0.05, 0.1) is 5.69 Å². The predicted octanol–water partition coefficient (Wildman–Crippen LogP) is 3.18. The summed E-state index contributed by atoms with van der Waals surface area (Å²) < 4.78 is 0. The van der Waals surface area contributed by atoms with Crippen LogP contribution in [-0.2, 0) is 6.42 Å². The van der Waals surface area contributed by atoms with E-state index >= 15 is 0 Å². The summed E-state index contributed by atoms with van der Waals surface area (Å²) in [6.45, 7) is 6.97. The van der Waals surface area contributed by atoms with Gasteiger partial charge in [-0.05, 0) is 58.5 Å². The van der Waals surface area contributed by atoms with Crippen LogP contribution in [-0.4, -0.2) is 34.0 Å². The Kier molecular flexibility index (Phi) is 4.95. The van der Waals surface area contributed by atoms with Crippen molar-refractivity contribution in [3.05, 3.63) is 23.2 Å². The smallest absolute Gasteiger partial charge is 0.150 e. The van der Waals surface area contributed by atoms with Crippen LogP contribution in [0.2, 0.25) is 5.15 Å². The fourth-order valence-electron chi connectivity index (χ4n) is 2.67. The molecule has 2 rings (SSSR count). The number of aromatic nitrogens is 2. The minimum atomic E-state index is 0.572. The number of hydrogen-bond donors (Lipinski definition) is 0. The van der Waals surface area contributed by atoms with Crippen molar-refractivity contribution in [2.45, 2.75) is 45.6 Å². The van der Waals surface area contributed by atoms with Gasteiger partial charge in [0.25, 0.3) is 0 Å². The van der Waals surface area contributed by atoms with E-state index in [0.29, 0.717) is 17.1 Å². The largest absolute Gasteiger partial charge is 0.301 e. The fourth-order valence-corrected chi connectivity index (χ4v) is 2.85. The number of halogens is 1. The number of likely N-dealkylation sites (tertiary alicyclic amines) is 1.